The summed E-state index contributed by atoms with van der Waals surface area (Å²) < 4.78 is 0. The number of carbonyl (C=O) groups excluding carboxylic acids is 1. The highest BCUT2D eigenvalue weighted by molar-refractivity contribution is 7.14. The van der Waals surface area contributed by atoms with Gasteiger partial charge in [0.25, 0.3) is 5.56 Å². The summed E-state index contributed by atoms with van der Waals surface area (Å²) in [6.07, 6.45) is 2.23. The first-order valence-corrected chi connectivity index (χ1v) is 9.22. The Morgan fingerprint density at radius 2 is 1.93 bits per heavy atom. The van der Waals surface area contributed by atoms with E-state index in [4.69, 9.17) is 0 Å². The third-order valence-corrected chi connectivity index (χ3v) is 4.69. The fraction of sp³-hybridized carbons (Fsp3) is 0.105. The Balaban J connectivity index is 1.40. The standard InChI is InChI=1S/C19H15N5O2S/c25-17(24-19-22-15(11-27-19)14-7-3-4-10-20-14)9-8-16-21-13-6-2-1-5-12(13)18(26)23-16/h1-7,10-11H,8-9H2,(H,21,23,26)(H,22,24,25). The van der Waals surface area contributed by atoms with Crippen LogP contribution < -0.4 is 10.9 Å². The van der Waals surface area contributed by atoms with Gasteiger partial charge in [-0.3, -0.25) is 14.6 Å². The number of thiazole rings is 1. The van der Waals surface area contributed by atoms with Gasteiger partial charge in [0, 0.05) is 24.4 Å². The predicted molar refractivity (Wildman–Crippen MR) is 105 cm³/mol. The van der Waals surface area contributed by atoms with Crippen LogP contribution in [0.2, 0.25) is 0 Å². The summed E-state index contributed by atoms with van der Waals surface area (Å²) in [4.78, 5) is 40.0. The molecule has 0 radical (unpaired) electrons. The van der Waals surface area contributed by atoms with Gasteiger partial charge in [0.05, 0.1) is 16.6 Å². The number of benzene rings is 1. The number of para-hydroxylation sites is 1. The van der Waals surface area contributed by atoms with Crippen molar-refractivity contribution in [1.29, 1.82) is 0 Å². The second-order valence-corrected chi connectivity index (χ2v) is 6.69. The van der Waals surface area contributed by atoms with E-state index in [1.807, 2.05) is 29.6 Å². The molecule has 0 saturated carbocycles. The molecule has 0 spiro atoms. The monoisotopic (exact) mass is 377 g/mol. The Bertz CT molecular complexity index is 1150. The summed E-state index contributed by atoms with van der Waals surface area (Å²) in [5.41, 5.74) is 1.90. The highest BCUT2D eigenvalue weighted by Gasteiger charge is 2.10. The molecule has 0 aliphatic heterocycles. The second kappa shape index (κ2) is 7.46. The van der Waals surface area contributed by atoms with Gasteiger partial charge in [-0.1, -0.05) is 18.2 Å². The SMILES string of the molecule is O=C(CCc1nc2ccccc2c(=O)[nH]1)Nc1nc(-c2ccccn2)cs1. The number of hydrogen-bond donors (Lipinski definition) is 2. The van der Waals surface area contributed by atoms with Gasteiger partial charge in [-0.25, -0.2) is 9.97 Å². The van der Waals surface area contributed by atoms with Gasteiger partial charge in [-0.2, -0.15) is 0 Å². The zero-order chi connectivity index (χ0) is 18.6. The van der Waals surface area contributed by atoms with E-state index in [0.29, 0.717) is 28.3 Å². The second-order valence-electron chi connectivity index (χ2n) is 5.83. The van der Waals surface area contributed by atoms with Gasteiger partial charge >= 0.3 is 0 Å². The fourth-order valence-electron chi connectivity index (χ4n) is 2.63. The summed E-state index contributed by atoms with van der Waals surface area (Å²) in [6, 6.07) is 12.7. The molecule has 4 aromatic rings. The molecule has 1 amide bonds. The maximum Gasteiger partial charge on any atom is 0.258 e. The lowest BCUT2D eigenvalue weighted by Gasteiger charge is -2.03. The third-order valence-electron chi connectivity index (χ3n) is 3.93. The summed E-state index contributed by atoms with van der Waals surface area (Å²) in [7, 11) is 0. The summed E-state index contributed by atoms with van der Waals surface area (Å²) in [5, 5.41) is 5.67. The molecule has 1 aromatic carbocycles. The molecule has 134 valence electrons. The molecule has 0 aliphatic carbocycles. The number of aromatic nitrogens is 4. The van der Waals surface area contributed by atoms with Crippen LogP contribution in [0.15, 0.2) is 58.8 Å². The minimum atomic E-state index is -0.198. The van der Waals surface area contributed by atoms with Crippen molar-refractivity contribution in [1.82, 2.24) is 19.9 Å². The van der Waals surface area contributed by atoms with Crippen LogP contribution >= 0.6 is 11.3 Å². The lowest BCUT2D eigenvalue weighted by Crippen LogP contribution is -2.16. The number of rotatable bonds is 5. The van der Waals surface area contributed by atoms with E-state index >= 15 is 0 Å². The molecule has 0 saturated heterocycles. The number of carbonyl (C=O) groups is 1. The highest BCUT2D eigenvalue weighted by atomic mass is 32.1. The first kappa shape index (κ1) is 17.0. The summed E-state index contributed by atoms with van der Waals surface area (Å²) in [5.74, 6) is 0.301. The van der Waals surface area contributed by atoms with Gasteiger partial charge in [-0.15, -0.1) is 11.3 Å². The predicted octanol–water partition coefficient (Wildman–Crippen LogP) is 3.01. The number of aromatic amines is 1. The number of H-pyrrole nitrogens is 1. The Morgan fingerprint density at radius 3 is 2.78 bits per heavy atom. The average molecular weight is 377 g/mol. The van der Waals surface area contributed by atoms with E-state index in [-0.39, 0.29) is 17.9 Å². The van der Waals surface area contributed by atoms with Crippen LogP contribution in [0.25, 0.3) is 22.3 Å². The number of aryl methyl sites for hydroxylation is 1. The van der Waals surface area contributed by atoms with Crippen molar-refractivity contribution in [3.8, 4) is 11.4 Å². The summed E-state index contributed by atoms with van der Waals surface area (Å²) >= 11 is 1.34. The molecule has 0 atom stereocenters. The van der Waals surface area contributed by atoms with Gasteiger partial charge < -0.3 is 10.3 Å². The molecule has 0 bridgehead atoms. The number of fused-ring (bicyclic) bond motifs is 1. The molecule has 7 nitrogen and oxygen atoms in total. The molecule has 0 aliphatic rings. The molecule has 4 rings (SSSR count). The smallest absolute Gasteiger partial charge is 0.258 e. The maximum absolute atomic E-state index is 12.2. The van der Waals surface area contributed by atoms with E-state index in [1.165, 1.54) is 11.3 Å². The van der Waals surface area contributed by atoms with Crippen LogP contribution in [0.5, 0.6) is 0 Å². The van der Waals surface area contributed by atoms with Gasteiger partial charge in [-0.05, 0) is 24.3 Å². The Hall–Kier alpha value is -3.39. The van der Waals surface area contributed by atoms with E-state index in [9.17, 15) is 9.59 Å². The average Bonchev–Trinajstić information content (AvgIpc) is 3.16. The molecule has 0 unspecified atom stereocenters. The van der Waals surface area contributed by atoms with Crippen LogP contribution in [0.1, 0.15) is 12.2 Å². The lowest BCUT2D eigenvalue weighted by atomic mass is 10.2. The number of nitrogens with zero attached hydrogens (tertiary/aromatic N) is 3. The Kier molecular flexibility index (Phi) is 4.71. The molecule has 2 N–H and O–H groups in total. The normalized spacial score (nSPS) is 10.8. The van der Waals surface area contributed by atoms with E-state index in [2.05, 4.69) is 25.3 Å². The van der Waals surface area contributed by atoms with Crippen molar-refractivity contribution >= 4 is 33.3 Å². The first-order chi connectivity index (χ1) is 13.2. The fourth-order valence-corrected chi connectivity index (χ4v) is 3.35. The molecule has 8 heteroatoms. The highest BCUT2D eigenvalue weighted by Crippen LogP contribution is 2.23. The molecule has 3 aromatic heterocycles. The molecule has 27 heavy (non-hydrogen) atoms. The van der Waals surface area contributed by atoms with Gasteiger partial charge in [0.2, 0.25) is 5.91 Å². The van der Waals surface area contributed by atoms with Crippen LogP contribution in [0.4, 0.5) is 5.13 Å². The molecular weight excluding hydrogens is 362 g/mol. The third kappa shape index (κ3) is 3.90. The van der Waals surface area contributed by atoms with Crippen molar-refractivity contribution in [3.63, 3.8) is 0 Å². The number of amides is 1. The number of pyridine rings is 1. The summed E-state index contributed by atoms with van der Waals surface area (Å²) in [6.45, 7) is 0. The minimum absolute atomic E-state index is 0.187. The Labute approximate surface area is 158 Å². The number of nitrogens with one attached hydrogen (secondary N) is 2. The molecular formula is C19H15N5O2S. The van der Waals surface area contributed by atoms with E-state index in [0.717, 1.165) is 11.4 Å². The molecule has 0 fully saturated rings. The van der Waals surface area contributed by atoms with Crippen molar-refractivity contribution in [2.45, 2.75) is 12.8 Å². The first-order valence-electron chi connectivity index (χ1n) is 8.34. The van der Waals surface area contributed by atoms with Crippen LogP contribution in [-0.2, 0) is 11.2 Å². The van der Waals surface area contributed by atoms with Crippen molar-refractivity contribution in [2.75, 3.05) is 5.32 Å². The largest absolute Gasteiger partial charge is 0.310 e. The van der Waals surface area contributed by atoms with E-state index < -0.39 is 0 Å². The number of anilines is 1. The quantitative estimate of drug-likeness (QED) is 0.557. The van der Waals surface area contributed by atoms with Crippen LogP contribution in [-0.4, -0.2) is 25.8 Å². The van der Waals surface area contributed by atoms with E-state index in [1.54, 1.807) is 24.4 Å². The van der Waals surface area contributed by atoms with Gasteiger partial charge in [0.15, 0.2) is 5.13 Å². The lowest BCUT2D eigenvalue weighted by molar-refractivity contribution is -0.116. The Morgan fingerprint density at radius 1 is 1.07 bits per heavy atom. The van der Waals surface area contributed by atoms with Crippen molar-refractivity contribution < 1.29 is 4.79 Å². The molecule has 3 heterocycles. The van der Waals surface area contributed by atoms with Crippen molar-refractivity contribution in [3.05, 3.63) is 70.2 Å². The number of hydrogen-bond acceptors (Lipinski definition) is 6. The maximum atomic E-state index is 12.2. The topological polar surface area (TPSA) is 101 Å². The van der Waals surface area contributed by atoms with Crippen LogP contribution in [0, 0.1) is 0 Å². The zero-order valence-corrected chi connectivity index (χ0v) is 15.0. The van der Waals surface area contributed by atoms with Gasteiger partial charge in [0.1, 0.15) is 11.5 Å². The zero-order valence-electron chi connectivity index (χ0n) is 14.2. The van der Waals surface area contributed by atoms with Crippen molar-refractivity contribution in [2.24, 2.45) is 0 Å². The van der Waals surface area contributed by atoms with Crippen LogP contribution in [0.3, 0.4) is 0 Å². The minimum Gasteiger partial charge on any atom is -0.310 e.